The van der Waals surface area contributed by atoms with Gasteiger partial charge in [-0.25, -0.2) is 8.42 Å². The van der Waals surface area contributed by atoms with Crippen molar-refractivity contribution < 1.29 is 18.0 Å². The molecule has 1 atom stereocenters. The maximum Gasteiger partial charge on any atom is 0.242 e. The molecular weight excluding hydrogens is 450 g/mol. The highest BCUT2D eigenvalue weighted by atomic mass is 35.5. The van der Waals surface area contributed by atoms with Crippen molar-refractivity contribution in [2.24, 2.45) is 0 Å². The number of carbonyl (C=O) groups excluding carboxylic acids is 2. The largest absolute Gasteiger partial charge is 0.355 e. The van der Waals surface area contributed by atoms with Crippen LogP contribution >= 0.6 is 11.6 Å². The zero-order valence-electron chi connectivity index (χ0n) is 18.6. The van der Waals surface area contributed by atoms with E-state index in [4.69, 9.17) is 11.6 Å². The lowest BCUT2D eigenvalue weighted by molar-refractivity contribution is -0.140. The SMILES string of the molecule is CCNC(=O)C(C)N(Cc1ccccc1)C(=O)CCCN(c1cccc(Cl)c1)S(C)(=O)=O. The Balaban J connectivity index is 2.12. The Labute approximate surface area is 195 Å². The number of rotatable bonds is 11. The minimum Gasteiger partial charge on any atom is -0.355 e. The summed E-state index contributed by atoms with van der Waals surface area (Å²) in [5.41, 5.74) is 1.36. The standard InChI is InChI=1S/C23H30ClN3O4S/c1-4-25-23(29)18(2)26(17-19-10-6-5-7-11-19)22(28)14-9-15-27(32(3,30)31)21-13-8-12-20(24)16-21/h5-8,10-13,16,18H,4,9,14-15,17H2,1-3H3,(H,25,29). The summed E-state index contributed by atoms with van der Waals surface area (Å²) in [5, 5.41) is 3.18. The van der Waals surface area contributed by atoms with Crippen molar-refractivity contribution in [3.05, 3.63) is 65.2 Å². The second-order valence-corrected chi connectivity index (χ2v) is 9.84. The van der Waals surface area contributed by atoms with Crippen LogP contribution in [0.4, 0.5) is 5.69 Å². The number of anilines is 1. The van der Waals surface area contributed by atoms with Crippen molar-refractivity contribution in [3.63, 3.8) is 0 Å². The van der Waals surface area contributed by atoms with Gasteiger partial charge in [-0.1, -0.05) is 48.0 Å². The quantitative estimate of drug-likeness (QED) is 0.534. The first-order chi connectivity index (χ1) is 15.1. The van der Waals surface area contributed by atoms with Gasteiger partial charge in [0.15, 0.2) is 0 Å². The number of nitrogens with one attached hydrogen (secondary N) is 1. The monoisotopic (exact) mass is 479 g/mol. The van der Waals surface area contributed by atoms with E-state index >= 15 is 0 Å². The molecule has 0 spiro atoms. The van der Waals surface area contributed by atoms with Crippen LogP contribution in [-0.4, -0.2) is 50.5 Å². The maximum absolute atomic E-state index is 13.1. The van der Waals surface area contributed by atoms with Crippen molar-refractivity contribution in [1.29, 1.82) is 0 Å². The van der Waals surface area contributed by atoms with Gasteiger partial charge < -0.3 is 10.2 Å². The maximum atomic E-state index is 13.1. The predicted octanol–water partition coefficient (Wildman–Crippen LogP) is 3.44. The third-order valence-corrected chi connectivity index (χ3v) is 6.39. The first-order valence-electron chi connectivity index (χ1n) is 10.5. The van der Waals surface area contributed by atoms with Crippen LogP contribution in [-0.2, 0) is 26.2 Å². The van der Waals surface area contributed by atoms with Gasteiger partial charge >= 0.3 is 0 Å². The minimum atomic E-state index is -3.55. The second-order valence-electron chi connectivity index (χ2n) is 7.50. The van der Waals surface area contributed by atoms with Crippen molar-refractivity contribution in [2.75, 3.05) is 23.7 Å². The molecule has 2 aromatic rings. The fraction of sp³-hybridized carbons (Fsp3) is 0.391. The molecule has 0 radical (unpaired) electrons. The molecule has 0 saturated carbocycles. The van der Waals surface area contributed by atoms with E-state index in [0.29, 0.717) is 30.2 Å². The summed E-state index contributed by atoms with van der Waals surface area (Å²) in [6.07, 6.45) is 1.52. The van der Waals surface area contributed by atoms with Gasteiger partial charge in [-0.05, 0) is 44.0 Å². The molecule has 2 amide bonds. The van der Waals surface area contributed by atoms with Crippen LogP contribution in [0.2, 0.25) is 5.02 Å². The second kappa shape index (κ2) is 11.9. The summed E-state index contributed by atoms with van der Waals surface area (Å²) in [7, 11) is -3.55. The van der Waals surface area contributed by atoms with Gasteiger partial charge in [-0.2, -0.15) is 0 Å². The lowest BCUT2D eigenvalue weighted by Crippen LogP contribution is -2.47. The molecule has 2 aromatic carbocycles. The average Bonchev–Trinajstić information content (AvgIpc) is 2.74. The van der Waals surface area contributed by atoms with Gasteiger partial charge in [0.25, 0.3) is 0 Å². The topological polar surface area (TPSA) is 86.8 Å². The van der Waals surface area contributed by atoms with Gasteiger partial charge in [-0.15, -0.1) is 0 Å². The van der Waals surface area contributed by atoms with Crippen molar-refractivity contribution in [2.45, 2.75) is 39.3 Å². The highest BCUT2D eigenvalue weighted by molar-refractivity contribution is 7.92. The Morgan fingerprint density at radius 3 is 2.38 bits per heavy atom. The first-order valence-corrected chi connectivity index (χ1v) is 12.7. The highest BCUT2D eigenvalue weighted by Gasteiger charge is 2.26. The molecule has 1 N–H and O–H groups in total. The van der Waals surface area contributed by atoms with Crippen LogP contribution in [0.25, 0.3) is 0 Å². The van der Waals surface area contributed by atoms with Crippen molar-refractivity contribution >= 4 is 39.1 Å². The van der Waals surface area contributed by atoms with Crippen LogP contribution in [0.1, 0.15) is 32.3 Å². The number of hydrogen-bond donors (Lipinski definition) is 1. The highest BCUT2D eigenvalue weighted by Crippen LogP contribution is 2.22. The van der Waals surface area contributed by atoms with Crippen molar-refractivity contribution in [1.82, 2.24) is 10.2 Å². The molecule has 1 unspecified atom stereocenters. The third-order valence-electron chi connectivity index (χ3n) is 4.96. The smallest absolute Gasteiger partial charge is 0.242 e. The summed E-state index contributed by atoms with van der Waals surface area (Å²) < 4.78 is 25.8. The Morgan fingerprint density at radius 2 is 1.78 bits per heavy atom. The van der Waals surface area contributed by atoms with E-state index in [1.54, 1.807) is 31.2 Å². The van der Waals surface area contributed by atoms with Crippen LogP contribution in [0, 0.1) is 0 Å². The van der Waals surface area contributed by atoms with E-state index in [1.807, 2.05) is 37.3 Å². The number of amides is 2. The van der Waals surface area contributed by atoms with E-state index in [2.05, 4.69) is 5.32 Å². The summed E-state index contributed by atoms with van der Waals surface area (Å²) in [6, 6.07) is 15.4. The molecule has 0 aliphatic heterocycles. The van der Waals surface area contributed by atoms with Crippen LogP contribution < -0.4 is 9.62 Å². The predicted molar refractivity (Wildman–Crippen MR) is 128 cm³/mol. The third kappa shape index (κ3) is 7.53. The molecule has 9 heteroatoms. The molecule has 0 aliphatic rings. The van der Waals surface area contributed by atoms with Gasteiger partial charge in [0.2, 0.25) is 21.8 Å². The number of halogens is 1. The first kappa shape index (κ1) is 25.7. The normalized spacial score (nSPS) is 12.1. The molecule has 2 rings (SSSR count). The summed E-state index contributed by atoms with van der Waals surface area (Å²) in [6.45, 7) is 4.41. The molecule has 7 nitrogen and oxygen atoms in total. The van der Waals surface area contributed by atoms with E-state index in [-0.39, 0.29) is 24.8 Å². The van der Waals surface area contributed by atoms with E-state index < -0.39 is 16.1 Å². The molecule has 0 aliphatic carbocycles. The molecule has 0 aromatic heterocycles. The van der Waals surface area contributed by atoms with Gasteiger partial charge in [-0.3, -0.25) is 13.9 Å². The van der Waals surface area contributed by atoms with Crippen LogP contribution in [0.15, 0.2) is 54.6 Å². The lowest BCUT2D eigenvalue weighted by atomic mass is 10.1. The van der Waals surface area contributed by atoms with Gasteiger partial charge in [0.05, 0.1) is 11.9 Å². The summed E-state index contributed by atoms with van der Waals surface area (Å²) in [5.74, 6) is -0.444. The number of likely N-dealkylation sites (N-methyl/N-ethyl adjacent to an activating group) is 1. The molecule has 0 saturated heterocycles. The average molecular weight is 480 g/mol. The van der Waals surface area contributed by atoms with Gasteiger partial charge in [0.1, 0.15) is 6.04 Å². The Bertz CT molecular complexity index is 1010. The Kier molecular flexibility index (Phi) is 9.53. The number of carbonyl (C=O) groups is 2. The van der Waals surface area contributed by atoms with Gasteiger partial charge in [0, 0.05) is 31.1 Å². The fourth-order valence-electron chi connectivity index (χ4n) is 3.32. The fourth-order valence-corrected chi connectivity index (χ4v) is 4.46. The number of sulfonamides is 1. The van der Waals surface area contributed by atoms with Crippen molar-refractivity contribution in [3.8, 4) is 0 Å². The Hall–Kier alpha value is -2.58. The molecule has 174 valence electrons. The Morgan fingerprint density at radius 1 is 1.09 bits per heavy atom. The number of nitrogens with zero attached hydrogens (tertiary/aromatic N) is 2. The zero-order chi connectivity index (χ0) is 23.7. The lowest BCUT2D eigenvalue weighted by Gasteiger charge is -2.29. The van der Waals surface area contributed by atoms with E-state index in [9.17, 15) is 18.0 Å². The number of benzene rings is 2. The van der Waals surface area contributed by atoms with Crippen LogP contribution in [0.3, 0.4) is 0 Å². The molecular formula is C23H30ClN3O4S. The molecule has 0 bridgehead atoms. The van der Waals surface area contributed by atoms with Crippen LogP contribution in [0.5, 0.6) is 0 Å². The minimum absolute atomic E-state index is 0.100. The van der Waals surface area contributed by atoms with E-state index in [0.717, 1.165) is 11.8 Å². The molecule has 0 fully saturated rings. The zero-order valence-corrected chi connectivity index (χ0v) is 20.2. The summed E-state index contributed by atoms with van der Waals surface area (Å²) >= 11 is 6.01. The molecule has 32 heavy (non-hydrogen) atoms. The molecule has 0 heterocycles. The van der Waals surface area contributed by atoms with E-state index in [1.165, 1.54) is 9.21 Å². The number of hydrogen-bond acceptors (Lipinski definition) is 4. The summed E-state index contributed by atoms with van der Waals surface area (Å²) in [4.78, 5) is 27.0.